The van der Waals surface area contributed by atoms with Gasteiger partial charge in [0.2, 0.25) is 5.88 Å². The van der Waals surface area contributed by atoms with Crippen LogP contribution in [0.15, 0.2) is 27.8 Å². The van der Waals surface area contributed by atoms with Crippen molar-refractivity contribution >= 4 is 11.9 Å². The van der Waals surface area contributed by atoms with Crippen LogP contribution in [0, 0.1) is 0 Å². The summed E-state index contributed by atoms with van der Waals surface area (Å²) in [6.07, 6.45) is 0.224. The first-order valence-corrected chi connectivity index (χ1v) is 7.21. The van der Waals surface area contributed by atoms with Gasteiger partial charge in [0.05, 0.1) is 12.6 Å². The van der Waals surface area contributed by atoms with E-state index < -0.39 is 17.2 Å². The highest BCUT2D eigenvalue weighted by atomic mass is 16.5. The summed E-state index contributed by atoms with van der Waals surface area (Å²) < 4.78 is 5.55. The van der Waals surface area contributed by atoms with Gasteiger partial charge < -0.3 is 4.74 Å². The van der Waals surface area contributed by atoms with Crippen LogP contribution < -0.4 is 21.3 Å². The maximum absolute atomic E-state index is 12.3. The number of hydrogen-bond acceptors (Lipinski definition) is 7. The fraction of sp³-hybridized carbons (Fsp3) is 0.143. The van der Waals surface area contributed by atoms with Gasteiger partial charge >= 0.3 is 5.69 Å². The third kappa shape index (κ3) is 2.67. The number of carbonyl (C=O) groups is 1. The summed E-state index contributed by atoms with van der Waals surface area (Å²) in [5.41, 5.74) is 0.117. The lowest BCUT2D eigenvalue weighted by atomic mass is 10.0. The molecule has 1 aliphatic rings. The van der Waals surface area contributed by atoms with E-state index in [0.29, 0.717) is 22.4 Å². The molecule has 0 saturated carbocycles. The van der Waals surface area contributed by atoms with Gasteiger partial charge in [-0.05, 0) is 23.4 Å². The van der Waals surface area contributed by atoms with Gasteiger partial charge in [0.15, 0.2) is 0 Å². The molecule has 0 spiro atoms. The Bertz CT molecular complexity index is 1110. The quantitative estimate of drug-likeness (QED) is 0.446. The van der Waals surface area contributed by atoms with Crippen LogP contribution in [0.2, 0.25) is 0 Å². The first kappa shape index (κ1) is 14.8. The molecule has 0 unspecified atom stereocenters. The molecule has 3 aromatic rings. The summed E-state index contributed by atoms with van der Waals surface area (Å²) in [6.45, 7) is 0. The van der Waals surface area contributed by atoms with Crippen LogP contribution in [-0.4, -0.2) is 36.1 Å². The largest absolute Gasteiger partial charge is 0.440 e. The number of benzene rings is 1. The Morgan fingerprint density at radius 2 is 2.16 bits per heavy atom. The average Bonchev–Trinajstić information content (AvgIpc) is 2.97. The topological polar surface area (TPSA) is 148 Å². The normalized spacial score (nSPS) is 12.0. The number of aryl methyl sites for hydroxylation is 1. The molecule has 1 amide bonds. The zero-order valence-electron chi connectivity index (χ0n) is 12.9. The molecule has 0 radical (unpaired) electrons. The smallest absolute Gasteiger partial charge is 0.328 e. The maximum atomic E-state index is 12.3. The molecule has 25 heavy (non-hydrogen) atoms. The minimum atomic E-state index is -0.639. The molecule has 1 aliphatic heterocycles. The summed E-state index contributed by atoms with van der Waals surface area (Å²) >= 11 is 0. The first-order chi connectivity index (χ1) is 12.0. The minimum Gasteiger partial charge on any atom is -0.440 e. The van der Waals surface area contributed by atoms with Crippen LogP contribution in [0.25, 0.3) is 0 Å². The van der Waals surface area contributed by atoms with Crippen LogP contribution in [0.5, 0.6) is 11.6 Å². The first-order valence-electron chi connectivity index (χ1n) is 7.21. The maximum Gasteiger partial charge on any atom is 0.328 e. The summed E-state index contributed by atoms with van der Waals surface area (Å²) in [6, 6.07) is 4.76. The van der Waals surface area contributed by atoms with Crippen LogP contribution in [0.1, 0.15) is 21.5 Å². The molecule has 0 fully saturated rings. The summed E-state index contributed by atoms with van der Waals surface area (Å²) in [5.74, 6) is 0.239. The van der Waals surface area contributed by atoms with E-state index in [0.717, 1.165) is 0 Å². The Morgan fingerprint density at radius 1 is 1.32 bits per heavy atom. The number of H-pyrrole nitrogens is 2. The lowest BCUT2D eigenvalue weighted by Gasteiger charge is -2.19. The van der Waals surface area contributed by atoms with Gasteiger partial charge in [-0.1, -0.05) is 5.10 Å². The van der Waals surface area contributed by atoms with Crippen molar-refractivity contribution in [3.05, 3.63) is 55.7 Å². The van der Waals surface area contributed by atoms with E-state index in [9.17, 15) is 14.4 Å². The summed E-state index contributed by atoms with van der Waals surface area (Å²) in [4.78, 5) is 41.3. The number of carbonyl (C=O) groups excluding carboxylic acids is 1. The van der Waals surface area contributed by atoms with E-state index in [1.165, 1.54) is 4.80 Å². The molecule has 0 aliphatic carbocycles. The SMILES string of the molecule is Cn1nnc(NC(=O)c2ccc3c(c2)Cc2c([nH]c(=O)[nH]c2=O)O3)n1. The Labute approximate surface area is 138 Å². The van der Waals surface area contributed by atoms with Crippen LogP contribution >= 0.6 is 0 Å². The van der Waals surface area contributed by atoms with Gasteiger partial charge in [-0.15, -0.1) is 5.10 Å². The second kappa shape index (κ2) is 5.40. The van der Waals surface area contributed by atoms with Crippen LogP contribution in [0.4, 0.5) is 5.95 Å². The number of anilines is 1. The fourth-order valence-electron chi connectivity index (χ4n) is 2.51. The third-order valence-corrected chi connectivity index (χ3v) is 3.64. The zero-order valence-corrected chi connectivity index (χ0v) is 12.9. The molecule has 0 atom stereocenters. The van der Waals surface area contributed by atoms with E-state index in [1.807, 2.05) is 0 Å². The summed E-state index contributed by atoms with van der Waals surface area (Å²) in [7, 11) is 1.58. The molecular weight excluding hydrogens is 330 g/mol. The Balaban J connectivity index is 1.64. The second-order valence-corrected chi connectivity index (χ2v) is 5.37. The van der Waals surface area contributed by atoms with E-state index in [1.54, 1.807) is 25.2 Å². The number of amides is 1. The van der Waals surface area contributed by atoms with Crippen molar-refractivity contribution in [1.82, 2.24) is 30.2 Å². The van der Waals surface area contributed by atoms with Crippen LogP contribution in [-0.2, 0) is 13.5 Å². The lowest BCUT2D eigenvalue weighted by molar-refractivity contribution is 0.102. The molecule has 11 heteroatoms. The highest BCUT2D eigenvalue weighted by Gasteiger charge is 2.22. The predicted octanol–water partition coefficient (Wildman–Crippen LogP) is -0.465. The lowest BCUT2D eigenvalue weighted by Crippen LogP contribution is -2.28. The van der Waals surface area contributed by atoms with Crippen molar-refractivity contribution in [2.24, 2.45) is 7.05 Å². The molecule has 2 aromatic heterocycles. The standard InChI is InChI=1S/C14H11N7O4/c1-21-19-13(18-20-21)15-10(22)6-2-3-9-7(4-6)5-8-11(23)16-14(24)17-12(8)25-9/h2-4H,5H2,1H3,(H,15,19,22)(H2,16,17,23,24). The minimum absolute atomic E-state index is 0.0841. The van der Waals surface area contributed by atoms with E-state index in [-0.39, 0.29) is 18.2 Å². The number of nitrogens with zero attached hydrogens (tertiary/aromatic N) is 4. The number of aromatic amines is 2. The van der Waals surface area contributed by atoms with Crippen molar-refractivity contribution in [3.63, 3.8) is 0 Å². The second-order valence-electron chi connectivity index (χ2n) is 5.37. The van der Waals surface area contributed by atoms with Gasteiger partial charge in [0.1, 0.15) is 5.75 Å². The Kier molecular flexibility index (Phi) is 3.20. The average molecular weight is 341 g/mol. The van der Waals surface area contributed by atoms with Crippen LogP contribution in [0.3, 0.4) is 0 Å². The van der Waals surface area contributed by atoms with Gasteiger partial charge in [0, 0.05) is 17.5 Å². The van der Waals surface area contributed by atoms with Crippen molar-refractivity contribution in [2.45, 2.75) is 6.42 Å². The highest BCUT2D eigenvalue weighted by Crippen LogP contribution is 2.33. The molecule has 3 N–H and O–H groups in total. The van der Waals surface area contributed by atoms with Crippen molar-refractivity contribution in [1.29, 1.82) is 0 Å². The monoisotopic (exact) mass is 341 g/mol. The van der Waals surface area contributed by atoms with Crippen molar-refractivity contribution < 1.29 is 9.53 Å². The zero-order chi connectivity index (χ0) is 17.6. The number of rotatable bonds is 2. The van der Waals surface area contributed by atoms with Gasteiger partial charge in [-0.25, -0.2) is 4.79 Å². The van der Waals surface area contributed by atoms with E-state index in [4.69, 9.17) is 4.74 Å². The highest BCUT2D eigenvalue weighted by molar-refractivity contribution is 6.03. The van der Waals surface area contributed by atoms with Gasteiger partial charge in [0.25, 0.3) is 17.4 Å². The third-order valence-electron chi connectivity index (χ3n) is 3.64. The van der Waals surface area contributed by atoms with Gasteiger partial charge in [-0.2, -0.15) is 4.80 Å². The number of aromatic nitrogens is 6. The number of tetrazole rings is 1. The molecule has 4 rings (SSSR count). The summed E-state index contributed by atoms with van der Waals surface area (Å²) in [5, 5.41) is 13.7. The number of ether oxygens (including phenoxy) is 1. The molecule has 0 saturated heterocycles. The predicted molar refractivity (Wildman–Crippen MR) is 83.8 cm³/mol. The molecule has 0 bridgehead atoms. The van der Waals surface area contributed by atoms with E-state index in [2.05, 4.69) is 30.7 Å². The number of fused-ring (bicyclic) bond motifs is 2. The number of nitrogens with one attached hydrogen (secondary N) is 3. The number of hydrogen-bond donors (Lipinski definition) is 3. The van der Waals surface area contributed by atoms with Gasteiger partial charge in [-0.3, -0.25) is 24.9 Å². The Morgan fingerprint density at radius 3 is 2.92 bits per heavy atom. The molecular formula is C14H11N7O4. The fourth-order valence-corrected chi connectivity index (χ4v) is 2.51. The molecule has 11 nitrogen and oxygen atoms in total. The molecule has 3 heterocycles. The molecule has 126 valence electrons. The van der Waals surface area contributed by atoms with E-state index >= 15 is 0 Å². The Hall–Kier alpha value is -3.76. The van der Waals surface area contributed by atoms with Crippen molar-refractivity contribution in [3.8, 4) is 11.6 Å². The van der Waals surface area contributed by atoms with Crippen molar-refractivity contribution in [2.75, 3.05) is 5.32 Å². The molecule has 1 aromatic carbocycles.